The minimum absolute atomic E-state index is 0.0937. The monoisotopic (exact) mass is 403 g/mol. The number of hydrogen-bond donors (Lipinski definition) is 4. The molecule has 1 unspecified atom stereocenters. The summed E-state index contributed by atoms with van der Waals surface area (Å²) in [4.78, 5) is 8.48. The summed E-state index contributed by atoms with van der Waals surface area (Å²) < 4.78 is 0. The molecule has 1 saturated carbocycles. The molecule has 1 fully saturated rings. The second-order valence-corrected chi connectivity index (χ2v) is 7.48. The van der Waals surface area contributed by atoms with Crippen LogP contribution in [0.15, 0.2) is 30.3 Å². The van der Waals surface area contributed by atoms with Gasteiger partial charge in [0.05, 0.1) is 6.04 Å². The zero-order valence-electron chi connectivity index (χ0n) is 14.6. The Morgan fingerprint density at radius 3 is 2.63 bits per heavy atom. The molecule has 1 aromatic carbocycles. The number of aromatic nitrogens is 4. The quantitative estimate of drug-likeness (QED) is 0.467. The minimum Gasteiger partial charge on any atom is -0.368 e. The molecule has 0 bridgehead atoms. The van der Waals surface area contributed by atoms with Gasteiger partial charge in [0.2, 0.25) is 5.95 Å². The third kappa shape index (κ3) is 4.26. The van der Waals surface area contributed by atoms with Gasteiger partial charge in [-0.25, -0.2) is 0 Å². The normalized spacial score (nSPS) is 14.8. The van der Waals surface area contributed by atoms with E-state index in [0.717, 1.165) is 11.3 Å². The molecular weight excluding hydrogens is 385 g/mol. The molecule has 0 aliphatic heterocycles. The maximum absolute atomic E-state index is 6.29. The molecule has 2 heterocycles. The third-order valence-corrected chi connectivity index (χ3v) is 4.97. The first-order valence-corrected chi connectivity index (χ1v) is 9.42. The number of hydrogen-bond acceptors (Lipinski definition) is 6. The van der Waals surface area contributed by atoms with E-state index in [2.05, 4.69) is 30.8 Å². The molecule has 0 radical (unpaired) electrons. The van der Waals surface area contributed by atoms with Gasteiger partial charge in [0.15, 0.2) is 5.82 Å². The Morgan fingerprint density at radius 1 is 1.11 bits per heavy atom. The Kier molecular flexibility index (Phi) is 4.80. The van der Waals surface area contributed by atoms with Crippen LogP contribution in [-0.2, 0) is 0 Å². The second-order valence-electron chi connectivity index (χ2n) is 6.64. The average Bonchev–Trinajstić information content (AvgIpc) is 3.34. The number of benzene rings is 1. The lowest BCUT2D eigenvalue weighted by Crippen LogP contribution is -2.10. The molecule has 0 saturated heterocycles. The Bertz CT molecular complexity index is 968. The van der Waals surface area contributed by atoms with Crippen LogP contribution in [0.2, 0.25) is 10.0 Å². The number of anilines is 4. The van der Waals surface area contributed by atoms with Crippen molar-refractivity contribution in [2.45, 2.75) is 31.7 Å². The summed E-state index contributed by atoms with van der Waals surface area (Å²) in [7, 11) is 0. The van der Waals surface area contributed by atoms with Gasteiger partial charge in [-0.3, -0.25) is 5.10 Å². The maximum Gasteiger partial charge on any atom is 0.223 e. The van der Waals surface area contributed by atoms with Crippen molar-refractivity contribution in [3.63, 3.8) is 0 Å². The van der Waals surface area contributed by atoms with Crippen LogP contribution in [0.4, 0.5) is 23.4 Å². The lowest BCUT2D eigenvalue weighted by Gasteiger charge is -2.17. The van der Waals surface area contributed by atoms with E-state index in [1.54, 1.807) is 18.2 Å². The average molecular weight is 404 g/mol. The summed E-state index contributed by atoms with van der Waals surface area (Å²) in [5.41, 5.74) is 7.92. The fourth-order valence-electron chi connectivity index (χ4n) is 2.89. The highest BCUT2D eigenvalue weighted by Crippen LogP contribution is 2.39. The van der Waals surface area contributed by atoms with Crippen molar-refractivity contribution >= 4 is 46.6 Å². The van der Waals surface area contributed by atoms with E-state index in [1.165, 1.54) is 12.8 Å². The first kappa shape index (κ1) is 17.9. The first-order valence-electron chi connectivity index (χ1n) is 8.66. The van der Waals surface area contributed by atoms with Crippen LogP contribution in [0, 0.1) is 0 Å². The molecule has 2 aromatic heterocycles. The number of rotatable bonds is 6. The van der Waals surface area contributed by atoms with Gasteiger partial charge >= 0.3 is 0 Å². The summed E-state index contributed by atoms with van der Waals surface area (Å²) in [6.07, 6.45) is 2.42. The van der Waals surface area contributed by atoms with Crippen molar-refractivity contribution < 1.29 is 0 Å². The standard InChI is InChI=1S/C18H19Cl2N7/c1-9(12-5-4-11(19)6-13(12)20)22-15-8-16(25-18(21)24-15)23-17-7-14(26-27-17)10-2-3-10/h4-10H,2-3H2,1H3,(H5,21,22,23,24,25,26,27). The summed E-state index contributed by atoms with van der Waals surface area (Å²) >= 11 is 12.3. The summed E-state index contributed by atoms with van der Waals surface area (Å²) in [5.74, 6) is 2.62. The van der Waals surface area contributed by atoms with Gasteiger partial charge in [-0.2, -0.15) is 15.1 Å². The van der Waals surface area contributed by atoms with Gasteiger partial charge in [-0.15, -0.1) is 0 Å². The Balaban J connectivity index is 1.50. The van der Waals surface area contributed by atoms with Gasteiger partial charge in [0.25, 0.3) is 0 Å². The number of nitrogen functional groups attached to an aromatic ring is 1. The van der Waals surface area contributed by atoms with E-state index in [9.17, 15) is 0 Å². The zero-order valence-corrected chi connectivity index (χ0v) is 16.1. The highest BCUT2D eigenvalue weighted by atomic mass is 35.5. The molecule has 27 heavy (non-hydrogen) atoms. The molecule has 4 rings (SSSR count). The van der Waals surface area contributed by atoms with Crippen LogP contribution in [-0.4, -0.2) is 20.2 Å². The van der Waals surface area contributed by atoms with Gasteiger partial charge in [0, 0.05) is 33.8 Å². The van der Waals surface area contributed by atoms with Crippen LogP contribution in [0.5, 0.6) is 0 Å². The number of aromatic amines is 1. The summed E-state index contributed by atoms with van der Waals surface area (Å²) in [5, 5.41) is 15.0. The smallest absolute Gasteiger partial charge is 0.223 e. The van der Waals surface area contributed by atoms with E-state index >= 15 is 0 Å². The van der Waals surface area contributed by atoms with Crippen molar-refractivity contribution in [2.75, 3.05) is 16.4 Å². The molecule has 7 nitrogen and oxygen atoms in total. The van der Waals surface area contributed by atoms with E-state index in [1.807, 2.05) is 19.1 Å². The predicted octanol–water partition coefficient (Wildman–Crippen LogP) is 4.88. The van der Waals surface area contributed by atoms with Gasteiger partial charge < -0.3 is 16.4 Å². The fraction of sp³-hybridized carbons (Fsp3) is 0.278. The number of H-pyrrole nitrogens is 1. The highest BCUT2D eigenvalue weighted by molar-refractivity contribution is 6.35. The first-order chi connectivity index (χ1) is 13.0. The Morgan fingerprint density at radius 2 is 1.89 bits per heavy atom. The molecule has 1 aliphatic carbocycles. The molecular formula is C18H19Cl2N7. The zero-order chi connectivity index (χ0) is 19.0. The molecule has 0 amide bonds. The van der Waals surface area contributed by atoms with E-state index in [0.29, 0.717) is 33.4 Å². The van der Waals surface area contributed by atoms with Crippen molar-refractivity contribution in [1.29, 1.82) is 0 Å². The SMILES string of the molecule is CC(Nc1cc(Nc2cc(C3CC3)[nH]n2)nc(N)n1)c1ccc(Cl)cc1Cl. The van der Waals surface area contributed by atoms with E-state index < -0.39 is 0 Å². The van der Waals surface area contributed by atoms with Crippen LogP contribution in [0.25, 0.3) is 0 Å². The molecule has 5 N–H and O–H groups in total. The molecule has 140 valence electrons. The lowest BCUT2D eigenvalue weighted by molar-refractivity contribution is 0.873. The topological polar surface area (TPSA) is 105 Å². The van der Waals surface area contributed by atoms with Crippen molar-refractivity contribution in [2.24, 2.45) is 0 Å². The van der Waals surface area contributed by atoms with Crippen LogP contribution < -0.4 is 16.4 Å². The van der Waals surface area contributed by atoms with Crippen molar-refractivity contribution in [1.82, 2.24) is 20.2 Å². The van der Waals surface area contributed by atoms with Crippen molar-refractivity contribution in [3.05, 3.63) is 51.6 Å². The Labute approximate surface area is 166 Å². The third-order valence-electron chi connectivity index (χ3n) is 4.41. The molecule has 1 atom stereocenters. The van der Waals surface area contributed by atoms with Crippen LogP contribution in [0.3, 0.4) is 0 Å². The summed E-state index contributed by atoms with van der Waals surface area (Å²) in [6, 6.07) is 9.09. The van der Waals surface area contributed by atoms with Gasteiger partial charge in [-0.05, 0) is 37.5 Å². The summed E-state index contributed by atoms with van der Waals surface area (Å²) in [6.45, 7) is 1.98. The van der Waals surface area contributed by atoms with Crippen LogP contribution >= 0.6 is 23.2 Å². The molecule has 3 aromatic rings. The van der Waals surface area contributed by atoms with Crippen molar-refractivity contribution in [3.8, 4) is 0 Å². The molecule has 0 spiro atoms. The second kappa shape index (κ2) is 7.25. The highest BCUT2D eigenvalue weighted by Gasteiger charge is 2.25. The fourth-order valence-corrected chi connectivity index (χ4v) is 3.46. The van der Waals surface area contributed by atoms with Gasteiger partial charge in [-0.1, -0.05) is 29.3 Å². The van der Waals surface area contributed by atoms with Crippen LogP contribution in [0.1, 0.15) is 43.0 Å². The lowest BCUT2D eigenvalue weighted by atomic mass is 10.1. The number of nitrogens with zero attached hydrogens (tertiary/aromatic N) is 3. The molecule has 9 heteroatoms. The number of nitrogens with two attached hydrogens (primary N) is 1. The predicted molar refractivity (Wildman–Crippen MR) is 109 cm³/mol. The molecule has 1 aliphatic rings. The van der Waals surface area contributed by atoms with E-state index in [-0.39, 0.29) is 12.0 Å². The van der Waals surface area contributed by atoms with Gasteiger partial charge in [0.1, 0.15) is 11.6 Å². The van der Waals surface area contributed by atoms with E-state index in [4.69, 9.17) is 28.9 Å². The number of halogens is 2. The maximum atomic E-state index is 6.29. The number of nitrogens with one attached hydrogen (secondary N) is 3. The minimum atomic E-state index is -0.0937. The largest absolute Gasteiger partial charge is 0.368 e. The Hall–Kier alpha value is -2.51.